The first-order valence-electron chi connectivity index (χ1n) is 6.08. The first-order chi connectivity index (χ1) is 9.31. The summed E-state index contributed by atoms with van der Waals surface area (Å²) in [6.07, 6.45) is 2.19. The molecule has 1 heterocycles. The molecule has 1 aliphatic heterocycles. The third-order valence-electron chi connectivity index (χ3n) is 2.94. The van der Waals surface area contributed by atoms with E-state index in [1.807, 2.05) is 48.5 Å². The molecule has 4 nitrogen and oxygen atoms in total. The Hall–Kier alpha value is -2.62. The minimum Gasteiger partial charge on any atom is -0.326 e. The van der Waals surface area contributed by atoms with Gasteiger partial charge in [-0.2, -0.15) is 5.10 Å². The number of para-hydroxylation sites is 1. The number of nitrogens with zero attached hydrogens (tertiary/aromatic N) is 1. The highest BCUT2D eigenvalue weighted by Crippen LogP contribution is 2.23. The molecule has 0 aromatic heterocycles. The van der Waals surface area contributed by atoms with Gasteiger partial charge >= 0.3 is 0 Å². The first kappa shape index (κ1) is 11.5. The maximum absolute atomic E-state index is 11.3. The Kier molecular flexibility index (Phi) is 2.98. The highest BCUT2D eigenvalue weighted by atomic mass is 16.1. The second kappa shape index (κ2) is 4.94. The highest BCUT2D eigenvalue weighted by Gasteiger charge is 2.16. The second-order valence-corrected chi connectivity index (χ2v) is 4.38. The lowest BCUT2D eigenvalue weighted by molar-refractivity contribution is -0.115. The van der Waals surface area contributed by atoms with E-state index in [9.17, 15) is 4.79 Å². The van der Waals surface area contributed by atoms with Crippen molar-refractivity contribution in [3.63, 3.8) is 0 Å². The first-order valence-corrected chi connectivity index (χ1v) is 6.08. The van der Waals surface area contributed by atoms with Crippen LogP contribution in [0, 0.1) is 0 Å². The summed E-state index contributed by atoms with van der Waals surface area (Å²) in [5.74, 6) is 0.0477. The van der Waals surface area contributed by atoms with E-state index in [1.165, 1.54) is 0 Å². The van der Waals surface area contributed by atoms with Crippen LogP contribution in [0.1, 0.15) is 11.1 Å². The summed E-state index contributed by atoms with van der Waals surface area (Å²) in [4.78, 5) is 11.3. The molecule has 1 amide bonds. The molecule has 0 fully saturated rings. The Morgan fingerprint density at radius 3 is 2.84 bits per heavy atom. The van der Waals surface area contributed by atoms with Gasteiger partial charge in [-0.1, -0.05) is 24.3 Å². The molecule has 94 valence electrons. The van der Waals surface area contributed by atoms with Crippen molar-refractivity contribution in [2.24, 2.45) is 5.10 Å². The average molecular weight is 251 g/mol. The summed E-state index contributed by atoms with van der Waals surface area (Å²) in [5, 5.41) is 6.98. The zero-order valence-electron chi connectivity index (χ0n) is 10.3. The number of rotatable bonds is 3. The number of hydrogen-bond acceptors (Lipinski definition) is 3. The van der Waals surface area contributed by atoms with Crippen LogP contribution in [-0.2, 0) is 11.2 Å². The van der Waals surface area contributed by atoms with Crippen LogP contribution in [0.15, 0.2) is 53.6 Å². The Morgan fingerprint density at radius 2 is 2.00 bits per heavy atom. The van der Waals surface area contributed by atoms with Crippen LogP contribution in [0.5, 0.6) is 0 Å². The van der Waals surface area contributed by atoms with E-state index in [4.69, 9.17) is 0 Å². The largest absolute Gasteiger partial charge is 0.326 e. The summed E-state index contributed by atoms with van der Waals surface area (Å²) < 4.78 is 0. The molecule has 0 saturated heterocycles. The van der Waals surface area contributed by atoms with Gasteiger partial charge in [0.05, 0.1) is 18.3 Å². The standard InChI is InChI=1S/C15H13N3O/c19-15-9-12-8-11(6-7-14(12)17-15)10-16-18-13-4-2-1-3-5-13/h1-8,10,18H,9H2,(H,17,19). The lowest BCUT2D eigenvalue weighted by atomic mass is 10.1. The van der Waals surface area contributed by atoms with Gasteiger partial charge in [-0.3, -0.25) is 10.2 Å². The highest BCUT2D eigenvalue weighted by molar-refractivity contribution is 6.00. The van der Waals surface area contributed by atoms with Crippen molar-refractivity contribution in [1.82, 2.24) is 0 Å². The number of fused-ring (bicyclic) bond motifs is 1. The second-order valence-electron chi connectivity index (χ2n) is 4.38. The number of anilines is 2. The van der Waals surface area contributed by atoms with E-state index in [2.05, 4.69) is 15.8 Å². The van der Waals surface area contributed by atoms with Gasteiger partial charge in [0.25, 0.3) is 0 Å². The zero-order chi connectivity index (χ0) is 13.1. The lowest BCUT2D eigenvalue weighted by Crippen LogP contribution is -2.03. The summed E-state index contributed by atoms with van der Waals surface area (Å²) >= 11 is 0. The van der Waals surface area contributed by atoms with Crippen molar-refractivity contribution in [3.8, 4) is 0 Å². The molecular weight excluding hydrogens is 238 g/mol. The van der Waals surface area contributed by atoms with Crippen molar-refractivity contribution in [1.29, 1.82) is 0 Å². The molecule has 2 aromatic rings. The number of hydrogen-bond donors (Lipinski definition) is 2. The molecule has 19 heavy (non-hydrogen) atoms. The summed E-state index contributed by atoms with van der Waals surface area (Å²) in [5.41, 5.74) is 6.79. The number of carbonyl (C=O) groups excluding carboxylic acids is 1. The fraction of sp³-hybridized carbons (Fsp3) is 0.0667. The van der Waals surface area contributed by atoms with Gasteiger partial charge < -0.3 is 5.32 Å². The number of hydrazone groups is 1. The Labute approximate surface area is 111 Å². The maximum Gasteiger partial charge on any atom is 0.228 e. The van der Waals surface area contributed by atoms with Crippen LogP contribution < -0.4 is 10.7 Å². The number of carbonyl (C=O) groups is 1. The van der Waals surface area contributed by atoms with Gasteiger partial charge in [-0.25, -0.2) is 0 Å². The maximum atomic E-state index is 11.3. The van der Waals surface area contributed by atoms with Gasteiger partial charge in [-0.05, 0) is 35.4 Å². The van der Waals surface area contributed by atoms with Crippen LogP contribution in [0.2, 0.25) is 0 Å². The molecule has 0 atom stereocenters. The molecule has 0 bridgehead atoms. The topological polar surface area (TPSA) is 53.5 Å². The van der Waals surface area contributed by atoms with Crippen LogP contribution in [0.25, 0.3) is 0 Å². The Balaban J connectivity index is 1.71. The Bertz CT molecular complexity index is 635. The van der Waals surface area contributed by atoms with Crippen molar-refractivity contribution in [3.05, 3.63) is 59.7 Å². The summed E-state index contributed by atoms with van der Waals surface area (Å²) in [6.45, 7) is 0. The lowest BCUT2D eigenvalue weighted by Gasteiger charge is -2.00. The molecule has 0 spiro atoms. The fourth-order valence-electron chi connectivity index (χ4n) is 2.02. The predicted octanol–water partition coefficient (Wildman–Crippen LogP) is 2.63. The van der Waals surface area contributed by atoms with Gasteiger partial charge in [0.2, 0.25) is 5.91 Å². The minimum atomic E-state index is 0.0477. The van der Waals surface area contributed by atoms with Gasteiger partial charge in [0, 0.05) is 5.69 Å². The molecule has 2 N–H and O–H groups in total. The molecule has 0 aliphatic carbocycles. The van der Waals surface area contributed by atoms with Gasteiger partial charge in [-0.15, -0.1) is 0 Å². The molecule has 0 unspecified atom stereocenters. The molecule has 0 radical (unpaired) electrons. The molecule has 2 aromatic carbocycles. The molecule has 1 aliphatic rings. The quantitative estimate of drug-likeness (QED) is 0.651. The summed E-state index contributed by atoms with van der Waals surface area (Å²) in [7, 11) is 0. The van der Waals surface area contributed by atoms with E-state index >= 15 is 0 Å². The van der Waals surface area contributed by atoms with Crippen molar-refractivity contribution < 1.29 is 4.79 Å². The van der Waals surface area contributed by atoms with Crippen LogP contribution in [0.3, 0.4) is 0 Å². The third-order valence-corrected chi connectivity index (χ3v) is 2.94. The Morgan fingerprint density at radius 1 is 1.16 bits per heavy atom. The number of nitrogens with one attached hydrogen (secondary N) is 2. The molecule has 3 rings (SSSR count). The van der Waals surface area contributed by atoms with Gasteiger partial charge in [0.15, 0.2) is 0 Å². The monoisotopic (exact) mass is 251 g/mol. The summed E-state index contributed by atoms with van der Waals surface area (Å²) in [6, 6.07) is 15.6. The normalized spacial score (nSPS) is 13.4. The molecule has 4 heteroatoms. The number of amides is 1. The minimum absolute atomic E-state index is 0.0477. The molecular formula is C15H13N3O. The van der Waals surface area contributed by atoms with Crippen LogP contribution in [-0.4, -0.2) is 12.1 Å². The third kappa shape index (κ3) is 2.63. The fourth-order valence-corrected chi connectivity index (χ4v) is 2.02. The van der Waals surface area contributed by atoms with Crippen molar-refractivity contribution in [2.45, 2.75) is 6.42 Å². The average Bonchev–Trinajstić information content (AvgIpc) is 2.79. The zero-order valence-corrected chi connectivity index (χ0v) is 10.3. The SMILES string of the molecule is O=C1Cc2cc(C=NNc3ccccc3)ccc2N1. The van der Waals surface area contributed by atoms with Crippen molar-refractivity contribution >= 4 is 23.5 Å². The van der Waals surface area contributed by atoms with E-state index < -0.39 is 0 Å². The van der Waals surface area contributed by atoms with E-state index in [-0.39, 0.29) is 5.91 Å². The van der Waals surface area contributed by atoms with E-state index in [0.717, 1.165) is 22.5 Å². The van der Waals surface area contributed by atoms with Crippen molar-refractivity contribution in [2.75, 3.05) is 10.7 Å². The number of benzene rings is 2. The van der Waals surface area contributed by atoms with E-state index in [0.29, 0.717) is 6.42 Å². The predicted molar refractivity (Wildman–Crippen MR) is 76.4 cm³/mol. The van der Waals surface area contributed by atoms with Crippen LogP contribution in [0.4, 0.5) is 11.4 Å². The van der Waals surface area contributed by atoms with E-state index in [1.54, 1.807) is 6.21 Å². The smallest absolute Gasteiger partial charge is 0.228 e. The van der Waals surface area contributed by atoms with Gasteiger partial charge in [0.1, 0.15) is 0 Å². The van der Waals surface area contributed by atoms with Crippen LogP contribution >= 0.6 is 0 Å². The molecule has 0 saturated carbocycles.